The molecule has 0 amide bonds. The summed E-state index contributed by atoms with van der Waals surface area (Å²) in [5, 5.41) is 9.69. The highest BCUT2D eigenvalue weighted by atomic mass is 79.9. The molecule has 0 aromatic heterocycles. The van der Waals surface area contributed by atoms with Crippen LogP contribution in [0.3, 0.4) is 0 Å². The summed E-state index contributed by atoms with van der Waals surface area (Å²) in [4.78, 5) is 0. The summed E-state index contributed by atoms with van der Waals surface area (Å²) < 4.78 is 37.2. The molecule has 2 nitrogen and oxygen atoms in total. The molecule has 0 bridgehead atoms. The van der Waals surface area contributed by atoms with E-state index in [0.717, 1.165) is 0 Å². The molecular weight excluding hydrogens is 367 g/mol. The van der Waals surface area contributed by atoms with Gasteiger partial charge in [0.2, 0.25) is 0 Å². The molecule has 0 fully saturated rings. The van der Waals surface area contributed by atoms with Crippen LogP contribution in [-0.4, -0.2) is 11.3 Å². The summed E-state index contributed by atoms with van der Waals surface area (Å²) in [7, 11) is 0. The van der Waals surface area contributed by atoms with Crippen LogP contribution in [0.2, 0.25) is 0 Å². The summed E-state index contributed by atoms with van der Waals surface area (Å²) in [6, 6.07) is 2.25. The Morgan fingerprint density at radius 3 is 2.41 bits per heavy atom. The first-order chi connectivity index (χ1) is 7.70. The second-order valence-corrected chi connectivity index (χ2v) is 5.36. The van der Waals surface area contributed by atoms with Gasteiger partial charge in [0.15, 0.2) is 0 Å². The van der Waals surface area contributed by atoms with Crippen LogP contribution in [0.1, 0.15) is 24.4 Å². The lowest BCUT2D eigenvalue weighted by molar-refractivity contribution is -0.136. The molecule has 1 aromatic rings. The van der Waals surface area contributed by atoms with Gasteiger partial charge < -0.3 is 10.8 Å². The molecule has 0 heterocycles. The van der Waals surface area contributed by atoms with Gasteiger partial charge in [0, 0.05) is 22.5 Å². The standard InChI is InChI=1S/C10H10Br2F3NO/c11-5-3-6(9(17)7(12)4-5)8(16)1-2-10(13,14)15/h3-4,8,17H,1-2,16H2/t8-/m0/s1. The molecule has 1 atom stereocenters. The van der Waals surface area contributed by atoms with E-state index in [1.807, 2.05) is 0 Å². The third kappa shape index (κ3) is 4.48. The van der Waals surface area contributed by atoms with E-state index >= 15 is 0 Å². The molecule has 96 valence electrons. The van der Waals surface area contributed by atoms with Crippen LogP contribution in [0.5, 0.6) is 5.75 Å². The zero-order chi connectivity index (χ0) is 13.2. The van der Waals surface area contributed by atoms with Gasteiger partial charge >= 0.3 is 6.18 Å². The largest absolute Gasteiger partial charge is 0.506 e. The van der Waals surface area contributed by atoms with Gasteiger partial charge in [-0.05, 0) is 34.5 Å². The van der Waals surface area contributed by atoms with E-state index in [2.05, 4.69) is 31.9 Å². The van der Waals surface area contributed by atoms with Gasteiger partial charge in [-0.15, -0.1) is 0 Å². The van der Waals surface area contributed by atoms with Crippen LogP contribution >= 0.6 is 31.9 Å². The number of halogens is 5. The van der Waals surface area contributed by atoms with E-state index in [-0.39, 0.29) is 17.7 Å². The number of phenolic OH excluding ortho intramolecular Hbond substituents is 1. The zero-order valence-electron chi connectivity index (χ0n) is 8.56. The van der Waals surface area contributed by atoms with E-state index in [4.69, 9.17) is 5.73 Å². The van der Waals surface area contributed by atoms with Crippen molar-refractivity contribution in [1.82, 2.24) is 0 Å². The normalized spacial score (nSPS) is 13.8. The Morgan fingerprint density at radius 1 is 1.29 bits per heavy atom. The minimum Gasteiger partial charge on any atom is -0.506 e. The van der Waals surface area contributed by atoms with E-state index in [1.54, 1.807) is 6.07 Å². The molecule has 1 rings (SSSR count). The Balaban J connectivity index is 2.85. The minimum absolute atomic E-state index is 0.122. The van der Waals surface area contributed by atoms with Gasteiger partial charge in [-0.3, -0.25) is 0 Å². The van der Waals surface area contributed by atoms with Crippen molar-refractivity contribution in [3.8, 4) is 5.75 Å². The smallest absolute Gasteiger partial charge is 0.389 e. The fraction of sp³-hybridized carbons (Fsp3) is 0.400. The zero-order valence-corrected chi connectivity index (χ0v) is 11.7. The fourth-order valence-corrected chi connectivity index (χ4v) is 2.60. The first-order valence-electron chi connectivity index (χ1n) is 4.71. The minimum atomic E-state index is -4.24. The number of hydrogen-bond acceptors (Lipinski definition) is 2. The lowest BCUT2D eigenvalue weighted by Crippen LogP contribution is -2.16. The van der Waals surface area contributed by atoms with Crippen molar-refractivity contribution in [2.75, 3.05) is 0 Å². The summed E-state index contributed by atoms with van der Waals surface area (Å²) in [5.74, 6) is -0.122. The predicted molar refractivity (Wildman–Crippen MR) is 65.7 cm³/mol. The average molecular weight is 377 g/mol. The van der Waals surface area contributed by atoms with Crippen LogP contribution in [0, 0.1) is 0 Å². The maximum atomic E-state index is 12.1. The number of rotatable bonds is 3. The van der Waals surface area contributed by atoms with E-state index < -0.39 is 18.6 Å². The van der Waals surface area contributed by atoms with Crippen molar-refractivity contribution < 1.29 is 18.3 Å². The van der Waals surface area contributed by atoms with Gasteiger partial charge in [0.1, 0.15) is 5.75 Å². The first kappa shape index (κ1) is 14.8. The molecule has 3 N–H and O–H groups in total. The Morgan fingerprint density at radius 2 is 1.88 bits per heavy atom. The number of aromatic hydroxyl groups is 1. The lowest BCUT2D eigenvalue weighted by atomic mass is 10.0. The fourth-order valence-electron chi connectivity index (χ4n) is 1.34. The summed E-state index contributed by atoms with van der Waals surface area (Å²) in [6.07, 6.45) is -5.48. The van der Waals surface area contributed by atoms with Crippen LogP contribution < -0.4 is 5.73 Å². The van der Waals surface area contributed by atoms with Gasteiger partial charge in [0.25, 0.3) is 0 Å². The highest BCUT2D eigenvalue weighted by Crippen LogP contribution is 2.36. The Labute approximate surface area is 113 Å². The second-order valence-electron chi connectivity index (χ2n) is 3.59. The number of phenols is 1. The number of alkyl halides is 3. The topological polar surface area (TPSA) is 46.2 Å². The van der Waals surface area contributed by atoms with Crippen molar-refractivity contribution >= 4 is 31.9 Å². The SMILES string of the molecule is N[C@@H](CCC(F)(F)F)c1cc(Br)cc(Br)c1O. The first-order valence-corrected chi connectivity index (χ1v) is 6.29. The molecule has 0 saturated heterocycles. The van der Waals surface area contributed by atoms with Crippen molar-refractivity contribution in [2.24, 2.45) is 5.73 Å². The molecule has 0 saturated carbocycles. The van der Waals surface area contributed by atoms with Gasteiger partial charge in [-0.2, -0.15) is 13.2 Å². The number of hydrogen-bond donors (Lipinski definition) is 2. The molecule has 1 aromatic carbocycles. The maximum Gasteiger partial charge on any atom is 0.389 e. The van der Waals surface area contributed by atoms with Crippen LogP contribution in [-0.2, 0) is 0 Å². The van der Waals surface area contributed by atoms with Crippen LogP contribution in [0.25, 0.3) is 0 Å². The van der Waals surface area contributed by atoms with Crippen LogP contribution in [0.4, 0.5) is 13.2 Å². The maximum absolute atomic E-state index is 12.1. The number of nitrogens with two attached hydrogens (primary N) is 1. The lowest BCUT2D eigenvalue weighted by Gasteiger charge is -2.16. The van der Waals surface area contributed by atoms with Crippen molar-refractivity contribution in [3.63, 3.8) is 0 Å². The van der Waals surface area contributed by atoms with E-state index in [1.165, 1.54) is 6.07 Å². The second kappa shape index (κ2) is 5.58. The highest BCUT2D eigenvalue weighted by molar-refractivity contribution is 9.11. The van der Waals surface area contributed by atoms with Crippen molar-refractivity contribution in [3.05, 3.63) is 26.6 Å². The van der Waals surface area contributed by atoms with Crippen LogP contribution in [0.15, 0.2) is 21.1 Å². The predicted octanol–water partition coefficient (Wildman–Crippen LogP) is 4.26. The average Bonchev–Trinajstić information content (AvgIpc) is 2.19. The third-order valence-electron chi connectivity index (χ3n) is 2.20. The van der Waals surface area contributed by atoms with Gasteiger partial charge in [0.05, 0.1) is 4.47 Å². The molecule has 7 heteroatoms. The molecule has 17 heavy (non-hydrogen) atoms. The molecule has 0 aliphatic heterocycles. The molecule has 0 radical (unpaired) electrons. The summed E-state index contributed by atoms with van der Waals surface area (Å²) in [6.45, 7) is 0. The van der Waals surface area contributed by atoms with E-state index in [0.29, 0.717) is 8.95 Å². The quantitative estimate of drug-likeness (QED) is 0.827. The Kier molecular flexibility index (Phi) is 4.86. The van der Waals surface area contributed by atoms with E-state index in [9.17, 15) is 18.3 Å². The van der Waals surface area contributed by atoms with Crippen molar-refractivity contribution in [2.45, 2.75) is 25.1 Å². The summed E-state index contributed by atoms with van der Waals surface area (Å²) >= 11 is 6.29. The monoisotopic (exact) mass is 375 g/mol. The molecule has 0 unspecified atom stereocenters. The third-order valence-corrected chi connectivity index (χ3v) is 3.26. The Hall–Kier alpha value is -0.270. The molecule has 0 aliphatic rings. The highest BCUT2D eigenvalue weighted by Gasteiger charge is 2.28. The molecule has 0 spiro atoms. The Bertz CT molecular complexity index is 409. The van der Waals surface area contributed by atoms with Gasteiger partial charge in [-0.1, -0.05) is 15.9 Å². The number of benzene rings is 1. The molecular formula is C10H10Br2F3NO. The molecule has 0 aliphatic carbocycles. The summed E-state index contributed by atoms with van der Waals surface area (Å²) in [5.41, 5.74) is 5.93. The van der Waals surface area contributed by atoms with Crippen molar-refractivity contribution in [1.29, 1.82) is 0 Å². The van der Waals surface area contributed by atoms with Gasteiger partial charge in [-0.25, -0.2) is 0 Å².